The van der Waals surface area contributed by atoms with Gasteiger partial charge in [0.25, 0.3) is 6.47 Å². The lowest BCUT2D eigenvalue weighted by atomic mass is 9.98. The summed E-state index contributed by atoms with van der Waals surface area (Å²) in [5.41, 5.74) is 5.70. The SMILES string of the molecule is CSC(C)(C)C[C@H](NC(=O)CCCCC(C)(C)N)OC=O. The summed E-state index contributed by atoms with van der Waals surface area (Å²) < 4.78 is 4.90. The quantitative estimate of drug-likeness (QED) is 0.347. The molecular formula is C15H30N2O3S. The molecule has 0 aliphatic heterocycles. The number of unbranched alkanes of at least 4 members (excludes halogenated alkanes) is 1. The lowest BCUT2D eigenvalue weighted by molar-refractivity contribution is -0.139. The average molecular weight is 318 g/mol. The molecule has 0 saturated carbocycles. The third-order valence-corrected chi connectivity index (χ3v) is 4.52. The highest BCUT2D eigenvalue weighted by atomic mass is 32.2. The van der Waals surface area contributed by atoms with Gasteiger partial charge in [0.05, 0.1) is 0 Å². The van der Waals surface area contributed by atoms with Crippen LogP contribution in [-0.2, 0) is 14.3 Å². The molecule has 124 valence electrons. The van der Waals surface area contributed by atoms with Crippen LogP contribution in [0.3, 0.4) is 0 Å². The maximum Gasteiger partial charge on any atom is 0.295 e. The minimum absolute atomic E-state index is 0.0650. The summed E-state index contributed by atoms with van der Waals surface area (Å²) in [7, 11) is 0. The van der Waals surface area contributed by atoms with Gasteiger partial charge in [0.2, 0.25) is 5.91 Å². The van der Waals surface area contributed by atoms with E-state index in [-0.39, 0.29) is 16.2 Å². The van der Waals surface area contributed by atoms with Crippen LogP contribution in [0.2, 0.25) is 0 Å². The second kappa shape index (κ2) is 9.30. The molecule has 0 radical (unpaired) electrons. The fraction of sp³-hybridized carbons (Fsp3) is 0.867. The van der Waals surface area contributed by atoms with Gasteiger partial charge in [-0.05, 0) is 32.9 Å². The molecule has 0 heterocycles. The molecule has 0 unspecified atom stereocenters. The van der Waals surface area contributed by atoms with Crippen LogP contribution in [0.4, 0.5) is 0 Å². The number of hydrogen-bond acceptors (Lipinski definition) is 5. The van der Waals surface area contributed by atoms with Crippen LogP contribution in [0, 0.1) is 0 Å². The Morgan fingerprint density at radius 1 is 1.33 bits per heavy atom. The van der Waals surface area contributed by atoms with E-state index >= 15 is 0 Å². The molecule has 0 aromatic heterocycles. The maximum absolute atomic E-state index is 11.9. The highest BCUT2D eigenvalue weighted by Gasteiger charge is 2.24. The van der Waals surface area contributed by atoms with Crippen LogP contribution < -0.4 is 11.1 Å². The Kier molecular flexibility index (Phi) is 8.97. The van der Waals surface area contributed by atoms with Crippen molar-refractivity contribution in [3.8, 4) is 0 Å². The molecule has 0 bridgehead atoms. The van der Waals surface area contributed by atoms with E-state index in [2.05, 4.69) is 5.32 Å². The van der Waals surface area contributed by atoms with Crippen molar-refractivity contribution in [1.82, 2.24) is 5.32 Å². The molecule has 0 fully saturated rings. The van der Waals surface area contributed by atoms with Gasteiger partial charge in [-0.25, -0.2) is 0 Å². The normalized spacial score (nSPS) is 13.6. The van der Waals surface area contributed by atoms with Crippen LogP contribution in [-0.4, -0.2) is 35.1 Å². The van der Waals surface area contributed by atoms with Crippen molar-refractivity contribution in [2.75, 3.05) is 6.26 Å². The summed E-state index contributed by atoms with van der Waals surface area (Å²) in [5, 5.41) is 2.77. The third-order valence-electron chi connectivity index (χ3n) is 3.25. The molecule has 0 aliphatic carbocycles. The minimum atomic E-state index is -0.566. The Labute approximate surface area is 132 Å². The van der Waals surface area contributed by atoms with Crippen molar-refractivity contribution >= 4 is 24.1 Å². The van der Waals surface area contributed by atoms with Crippen LogP contribution >= 0.6 is 11.8 Å². The number of hydrogen-bond donors (Lipinski definition) is 2. The first-order chi connectivity index (χ1) is 9.59. The molecule has 3 N–H and O–H groups in total. The summed E-state index contributed by atoms with van der Waals surface area (Å²) in [5.74, 6) is -0.0893. The summed E-state index contributed by atoms with van der Waals surface area (Å²) in [4.78, 5) is 22.4. The number of rotatable bonds is 11. The number of nitrogens with one attached hydrogen (secondary N) is 1. The van der Waals surface area contributed by atoms with Crippen LogP contribution in [0.1, 0.15) is 59.8 Å². The highest BCUT2D eigenvalue weighted by Crippen LogP contribution is 2.27. The van der Waals surface area contributed by atoms with E-state index in [1.807, 2.05) is 34.0 Å². The first-order valence-electron chi connectivity index (χ1n) is 7.32. The van der Waals surface area contributed by atoms with E-state index in [1.54, 1.807) is 11.8 Å². The number of carbonyl (C=O) groups is 2. The van der Waals surface area contributed by atoms with E-state index in [9.17, 15) is 9.59 Å². The molecule has 1 atom stereocenters. The summed E-state index contributed by atoms with van der Waals surface area (Å²) in [6.07, 6.45) is 5.01. The first kappa shape index (κ1) is 20.2. The smallest absolute Gasteiger partial charge is 0.295 e. The maximum atomic E-state index is 11.9. The predicted octanol–water partition coefficient (Wildman–Crippen LogP) is 2.43. The van der Waals surface area contributed by atoms with Gasteiger partial charge in [-0.2, -0.15) is 11.8 Å². The first-order valence-corrected chi connectivity index (χ1v) is 8.54. The average Bonchev–Trinajstić information content (AvgIpc) is 2.33. The third kappa shape index (κ3) is 11.6. The predicted molar refractivity (Wildman–Crippen MR) is 88.0 cm³/mol. The number of amides is 1. The molecule has 6 heteroatoms. The second-order valence-electron chi connectivity index (χ2n) is 6.65. The zero-order valence-corrected chi connectivity index (χ0v) is 14.7. The number of nitrogens with two attached hydrogens (primary N) is 1. The Morgan fingerprint density at radius 2 is 1.95 bits per heavy atom. The Morgan fingerprint density at radius 3 is 2.43 bits per heavy atom. The largest absolute Gasteiger partial charge is 0.444 e. The van der Waals surface area contributed by atoms with Gasteiger partial charge < -0.3 is 15.8 Å². The standard InChI is InChI=1S/C15H30N2O3S/c1-14(2,16)9-7-6-8-12(19)17-13(20-11-18)10-15(3,4)21-5/h11,13H,6-10,16H2,1-5H3,(H,17,19)/t13-/m1/s1. The van der Waals surface area contributed by atoms with Gasteiger partial charge in [0, 0.05) is 23.1 Å². The molecule has 0 aromatic carbocycles. The lowest BCUT2D eigenvalue weighted by Crippen LogP contribution is -2.40. The highest BCUT2D eigenvalue weighted by molar-refractivity contribution is 7.99. The van der Waals surface area contributed by atoms with Gasteiger partial charge >= 0.3 is 0 Å². The monoisotopic (exact) mass is 318 g/mol. The van der Waals surface area contributed by atoms with E-state index in [1.165, 1.54) is 0 Å². The van der Waals surface area contributed by atoms with Crippen LogP contribution in [0.25, 0.3) is 0 Å². The molecule has 0 aliphatic rings. The summed E-state index contributed by atoms with van der Waals surface area (Å²) in [6, 6.07) is 0. The molecule has 5 nitrogen and oxygen atoms in total. The fourth-order valence-corrected chi connectivity index (χ4v) is 2.17. The number of ether oxygens (including phenoxy) is 1. The zero-order chi connectivity index (χ0) is 16.5. The molecule has 1 amide bonds. The van der Waals surface area contributed by atoms with Crippen molar-refractivity contribution in [2.45, 2.75) is 76.3 Å². The minimum Gasteiger partial charge on any atom is -0.444 e. The Bertz CT molecular complexity index is 327. The number of thioether (sulfide) groups is 1. The van der Waals surface area contributed by atoms with E-state index in [0.717, 1.165) is 19.3 Å². The van der Waals surface area contributed by atoms with Crippen molar-refractivity contribution < 1.29 is 14.3 Å². The Balaban J connectivity index is 4.14. The van der Waals surface area contributed by atoms with Gasteiger partial charge in [0.1, 0.15) is 0 Å². The van der Waals surface area contributed by atoms with Crippen molar-refractivity contribution in [2.24, 2.45) is 5.73 Å². The van der Waals surface area contributed by atoms with E-state index in [4.69, 9.17) is 10.5 Å². The van der Waals surface area contributed by atoms with Crippen LogP contribution in [0.5, 0.6) is 0 Å². The molecule has 21 heavy (non-hydrogen) atoms. The summed E-state index contributed by atoms with van der Waals surface area (Å²) >= 11 is 1.67. The fourth-order valence-electron chi connectivity index (χ4n) is 1.85. The summed E-state index contributed by atoms with van der Waals surface area (Å²) in [6.45, 7) is 8.44. The second-order valence-corrected chi connectivity index (χ2v) is 8.17. The van der Waals surface area contributed by atoms with E-state index < -0.39 is 6.23 Å². The molecule has 0 rings (SSSR count). The molecule has 0 aromatic rings. The lowest BCUT2D eigenvalue weighted by Gasteiger charge is -2.27. The van der Waals surface area contributed by atoms with Gasteiger partial charge in [0.15, 0.2) is 6.23 Å². The van der Waals surface area contributed by atoms with Crippen molar-refractivity contribution in [3.05, 3.63) is 0 Å². The zero-order valence-electron chi connectivity index (χ0n) is 13.9. The van der Waals surface area contributed by atoms with E-state index in [0.29, 0.717) is 19.3 Å². The molecular weight excluding hydrogens is 288 g/mol. The van der Waals surface area contributed by atoms with Gasteiger partial charge in [-0.15, -0.1) is 0 Å². The van der Waals surface area contributed by atoms with Gasteiger partial charge in [-0.1, -0.05) is 20.3 Å². The van der Waals surface area contributed by atoms with Crippen LogP contribution in [0.15, 0.2) is 0 Å². The topological polar surface area (TPSA) is 81.4 Å². The van der Waals surface area contributed by atoms with Gasteiger partial charge in [-0.3, -0.25) is 9.59 Å². The van der Waals surface area contributed by atoms with Crippen molar-refractivity contribution in [3.63, 3.8) is 0 Å². The Hall–Kier alpha value is -0.750. The molecule has 0 saturated heterocycles. The van der Waals surface area contributed by atoms with Crippen molar-refractivity contribution in [1.29, 1.82) is 0 Å². The number of carbonyl (C=O) groups excluding carboxylic acids is 2. The molecule has 0 spiro atoms.